The maximum absolute atomic E-state index is 13.3. The highest BCUT2D eigenvalue weighted by atomic mass is 19.1. The van der Waals surface area contributed by atoms with E-state index in [0.717, 1.165) is 0 Å². The number of rotatable bonds is 2. The van der Waals surface area contributed by atoms with E-state index in [9.17, 15) is 14.0 Å². The molecular weight excluding hydrogens is 335 g/mol. The zero-order chi connectivity index (χ0) is 19.8. The van der Waals surface area contributed by atoms with Crippen LogP contribution in [0, 0.1) is 5.82 Å². The molecule has 3 aromatic rings. The van der Waals surface area contributed by atoms with Gasteiger partial charge in [0.2, 0.25) is 0 Å². The molecule has 0 saturated heterocycles. The fourth-order valence-corrected chi connectivity index (χ4v) is 2.51. The summed E-state index contributed by atoms with van der Waals surface area (Å²) in [7, 11) is 0. The van der Waals surface area contributed by atoms with Gasteiger partial charge in [-0.15, -0.1) is 0 Å². The van der Waals surface area contributed by atoms with Gasteiger partial charge in [0, 0.05) is 11.1 Å². The average Bonchev–Trinajstić information content (AvgIpc) is 3.07. The summed E-state index contributed by atoms with van der Waals surface area (Å²) in [6.45, 7) is 5.84. The second-order valence-corrected chi connectivity index (χ2v) is 6.90. The second-order valence-electron chi connectivity index (χ2n) is 6.90. The molecule has 1 aromatic carbocycles. The topological polar surface area (TPSA) is 94.4 Å². The smallest absolute Gasteiger partial charge is 0.272 e. The van der Waals surface area contributed by atoms with Crippen molar-refractivity contribution in [3.05, 3.63) is 84.8 Å². The molecule has 0 spiro atoms. The Morgan fingerprint density at radius 1 is 1.15 bits per heavy atom. The van der Waals surface area contributed by atoms with Crippen LogP contribution in [0.15, 0.2) is 40.2 Å². The number of halogens is 1. The third-order valence-electron chi connectivity index (χ3n) is 3.75. The molecule has 0 radical (unpaired) electrons. The summed E-state index contributed by atoms with van der Waals surface area (Å²) in [6, 6.07) is 5.45. The van der Waals surface area contributed by atoms with Crippen LogP contribution in [0.1, 0.15) is 39.1 Å². The highest BCUT2D eigenvalue weighted by Crippen LogP contribution is 2.22. The maximum atomic E-state index is 13.3. The predicted octanol–water partition coefficient (Wildman–Crippen LogP) is 0.880. The molecule has 26 heavy (non-hydrogen) atoms. The number of nitrogens with zero attached hydrogens (tertiary/aromatic N) is 1. The van der Waals surface area contributed by atoms with Crippen molar-refractivity contribution in [1.29, 1.82) is 0 Å². The highest BCUT2D eigenvalue weighted by molar-refractivity contribution is 5.49. The Bertz CT molecular complexity index is 1230. The standard InChI is InChI=1S/C19H19FN4O2/c1-19(2,3)16-13(21-10-22-16)9-15-18(26)23-14(17(25)24-15)8-11-5-4-6-12(20)7-11/h4-10H,1-3H3,(H,21,22)(H,23,26)(H,24,25)/b14-8-,15-9-/i9D. The van der Waals surface area contributed by atoms with Crippen molar-refractivity contribution in [3.8, 4) is 0 Å². The molecule has 0 fully saturated rings. The van der Waals surface area contributed by atoms with Crippen molar-refractivity contribution < 1.29 is 5.76 Å². The zero-order valence-electron chi connectivity index (χ0n) is 15.6. The van der Waals surface area contributed by atoms with E-state index in [4.69, 9.17) is 1.37 Å². The van der Waals surface area contributed by atoms with Gasteiger partial charge in [0.05, 0.1) is 13.4 Å². The van der Waals surface area contributed by atoms with E-state index in [0.29, 0.717) is 17.0 Å². The minimum Gasteiger partial charge on any atom is -0.348 e. The van der Waals surface area contributed by atoms with E-state index in [-0.39, 0.29) is 22.2 Å². The van der Waals surface area contributed by atoms with Gasteiger partial charge >= 0.3 is 0 Å². The maximum Gasteiger partial charge on any atom is 0.272 e. The minimum absolute atomic E-state index is 0.0276. The van der Waals surface area contributed by atoms with Crippen LogP contribution in [0.2, 0.25) is 0 Å². The van der Waals surface area contributed by atoms with Crippen molar-refractivity contribution in [2.45, 2.75) is 26.2 Å². The van der Waals surface area contributed by atoms with Gasteiger partial charge in [-0.3, -0.25) is 9.59 Å². The second kappa shape index (κ2) is 6.59. The molecule has 134 valence electrons. The summed E-state index contributed by atoms with van der Waals surface area (Å²) >= 11 is 0. The summed E-state index contributed by atoms with van der Waals surface area (Å²) in [5.41, 5.74) is -0.137. The number of imidazole rings is 1. The van der Waals surface area contributed by atoms with Gasteiger partial charge in [0.1, 0.15) is 16.5 Å². The van der Waals surface area contributed by atoms with E-state index in [1.54, 1.807) is 6.07 Å². The molecule has 2 heterocycles. The lowest BCUT2D eigenvalue weighted by Gasteiger charge is -2.16. The van der Waals surface area contributed by atoms with Gasteiger partial charge in [-0.25, -0.2) is 9.37 Å². The summed E-state index contributed by atoms with van der Waals surface area (Å²) < 4.78 is 21.6. The molecule has 7 heteroatoms. The lowest BCUT2D eigenvalue weighted by atomic mass is 9.90. The Kier molecular flexibility index (Phi) is 4.12. The summed E-state index contributed by atoms with van der Waals surface area (Å²) in [5.74, 6) is -0.450. The van der Waals surface area contributed by atoms with Gasteiger partial charge < -0.3 is 15.0 Å². The van der Waals surface area contributed by atoms with Crippen molar-refractivity contribution in [2.75, 3.05) is 0 Å². The number of hydrogen-bond acceptors (Lipinski definition) is 3. The summed E-state index contributed by atoms with van der Waals surface area (Å²) in [5, 5.41) is -0.214. The molecule has 3 rings (SSSR count). The fraction of sp³-hybridized carbons (Fsp3) is 0.211. The molecular formula is C19H19FN4O2. The number of benzene rings is 1. The van der Waals surface area contributed by atoms with E-state index in [1.807, 2.05) is 20.8 Å². The molecule has 0 aliphatic carbocycles. The number of hydrogen-bond donors (Lipinski definition) is 3. The minimum atomic E-state index is -0.634. The first kappa shape index (κ1) is 16.3. The third-order valence-corrected chi connectivity index (χ3v) is 3.75. The molecule has 6 nitrogen and oxygen atoms in total. The van der Waals surface area contributed by atoms with E-state index in [2.05, 4.69) is 19.9 Å². The Labute approximate surface area is 149 Å². The lowest BCUT2D eigenvalue weighted by Crippen LogP contribution is -2.46. The van der Waals surface area contributed by atoms with Gasteiger partial charge in [0.25, 0.3) is 11.1 Å². The van der Waals surface area contributed by atoms with Gasteiger partial charge in [-0.2, -0.15) is 0 Å². The van der Waals surface area contributed by atoms with E-state index >= 15 is 0 Å². The van der Waals surface area contributed by atoms with E-state index in [1.165, 1.54) is 30.6 Å². The highest BCUT2D eigenvalue weighted by Gasteiger charge is 2.19. The summed E-state index contributed by atoms with van der Waals surface area (Å²) in [4.78, 5) is 36.8. The largest absolute Gasteiger partial charge is 0.348 e. The molecule has 0 aliphatic heterocycles. The van der Waals surface area contributed by atoms with Crippen LogP contribution in [0.3, 0.4) is 0 Å². The molecule has 3 N–H and O–H groups in total. The normalized spacial score (nSPS) is 14.3. The molecule has 0 bridgehead atoms. The van der Waals surface area contributed by atoms with Crippen molar-refractivity contribution in [1.82, 2.24) is 19.9 Å². The van der Waals surface area contributed by atoms with Crippen molar-refractivity contribution in [2.24, 2.45) is 0 Å². The van der Waals surface area contributed by atoms with Gasteiger partial charge in [-0.05, 0) is 29.8 Å². The Morgan fingerprint density at radius 3 is 2.54 bits per heavy atom. The van der Waals surface area contributed by atoms with Crippen molar-refractivity contribution >= 4 is 12.1 Å². The Morgan fingerprint density at radius 2 is 1.85 bits per heavy atom. The molecule has 0 aliphatic rings. The SMILES string of the molecule is [2H]/C(c1nc[nH]c1C(C)(C)C)=c1/[nH]c(=O)/c(=C/c2cccc(F)c2)[nH]c1=O. The van der Waals surface area contributed by atoms with Crippen LogP contribution in [0.5, 0.6) is 0 Å². The predicted molar refractivity (Wildman–Crippen MR) is 97.8 cm³/mol. The molecule has 0 amide bonds. The number of aromatic amines is 3. The van der Waals surface area contributed by atoms with Crippen LogP contribution in [-0.4, -0.2) is 19.9 Å². The number of H-pyrrole nitrogens is 3. The first-order valence-electron chi connectivity index (χ1n) is 8.52. The van der Waals surface area contributed by atoms with Crippen LogP contribution in [0.25, 0.3) is 12.1 Å². The van der Waals surface area contributed by atoms with Crippen LogP contribution in [-0.2, 0) is 5.41 Å². The van der Waals surface area contributed by atoms with Crippen LogP contribution < -0.4 is 21.8 Å². The van der Waals surface area contributed by atoms with E-state index < -0.39 is 16.9 Å². The number of aromatic nitrogens is 4. The van der Waals surface area contributed by atoms with Gasteiger partial charge in [-0.1, -0.05) is 32.9 Å². The molecule has 0 saturated carbocycles. The molecule has 0 atom stereocenters. The van der Waals surface area contributed by atoms with Crippen LogP contribution >= 0.6 is 0 Å². The average molecular weight is 355 g/mol. The van der Waals surface area contributed by atoms with Gasteiger partial charge in [0.15, 0.2) is 0 Å². The molecule has 2 aromatic heterocycles. The van der Waals surface area contributed by atoms with Crippen LogP contribution in [0.4, 0.5) is 4.39 Å². The Balaban J connectivity index is 2.22. The first-order chi connectivity index (χ1) is 12.7. The Hall–Kier alpha value is -3.22. The fourth-order valence-electron chi connectivity index (χ4n) is 2.51. The molecule has 0 unspecified atom stereocenters. The van der Waals surface area contributed by atoms with Crippen molar-refractivity contribution in [3.63, 3.8) is 0 Å². The lowest BCUT2D eigenvalue weighted by molar-refractivity contribution is 0.571. The third kappa shape index (κ3) is 3.72. The monoisotopic (exact) mass is 355 g/mol. The zero-order valence-corrected chi connectivity index (χ0v) is 14.6. The first-order valence-corrected chi connectivity index (χ1v) is 8.02. The quantitative estimate of drug-likeness (QED) is 0.637. The number of nitrogens with one attached hydrogen (secondary N) is 3. The summed E-state index contributed by atoms with van der Waals surface area (Å²) in [6.07, 6.45) is 2.81.